The number of aromatic nitrogens is 3. The summed E-state index contributed by atoms with van der Waals surface area (Å²) >= 11 is 0. The molecule has 6 heteroatoms. The van der Waals surface area contributed by atoms with Crippen molar-refractivity contribution in [3.05, 3.63) is 48.7 Å². The molecule has 1 amide bonds. The van der Waals surface area contributed by atoms with Gasteiger partial charge in [-0.2, -0.15) is 0 Å². The van der Waals surface area contributed by atoms with Crippen molar-refractivity contribution in [2.24, 2.45) is 5.92 Å². The van der Waals surface area contributed by atoms with E-state index in [1.54, 1.807) is 31.0 Å². The zero-order valence-corrected chi connectivity index (χ0v) is 12.4. The van der Waals surface area contributed by atoms with E-state index in [-0.39, 0.29) is 11.8 Å². The molecule has 0 unspecified atom stereocenters. The second-order valence-electron chi connectivity index (χ2n) is 5.40. The van der Waals surface area contributed by atoms with Gasteiger partial charge in [-0.15, -0.1) is 0 Å². The minimum atomic E-state index is 0.0737. The Morgan fingerprint density at radius 3 is 2.68 bits per heavy atom. The summed E-state index contributed by atoms with van der Waals surface area (Å²) < 4.78 is 0. The summed E-state index contributed by atoms with van der Waals surface area (Å²) in [7, 11) is 0. The van der Waals surface area contributed by atoms with Gasteiger partial charge in [0, 0.05) is 50.3 Å². The van der Waals surface area contributed by atoms with Crippen LogP contribution < -0.4 is 10.2 Å². The highest BCUT2D eigenvalue weighted by atomic mass is 16.1. The van der Waals surface area contributed by atoms with Gasteiger partial charge in [-0.25, -0.2) is 4.98 Å². The van der Waals surface area contributed by atoms with Gasteiger partial charge < -0.3 is 10.2 Å². The Kier molecular flexibility index (Phi) is 4.58. The number of nitrogens with zero attached hydrogens (tertiary/aromatic N) is 4. The van der Waals surface area contributed by atoms with Crippen LogP contribution in [0.2, 0.25) is 0 Å². The summed E-state index contributed by atoms with van der Waals surface area (Å²) in [5.74, 6) is 1.09. The first kappa shape index (κ1) is 14.4. The van der Waals surface area contributed by atoms with Crippen LogP contribution in [0.25, 0.3) is 0 Å². The van der Waals surface area contributed by atoms with Crippen LogP contribution in [-0.4, -0.2) is 33.9 Å². The highest BCUT2D eigenvalue weighted by Crippen LogP contribution is 2.21. The molecule has 0 spiro atoms. The fraction of sp³-hybridized carbons (Fsp3) is 0.375. The first-order valence-corrected chi connectivity index (χ1v) is 7.50. The number of carbonyl (C=O) groups is 1. The molecule has 1 fully saturated rings. The molecule has 0 saturated carbocycles. The second-order valence-corrected chi connectivity index (χ2v) is 5.40. The maximum atomic E-state index is 12.2. The van der Waals surface area contributed by atoms with Gasteiger partial charge in [-0.1, -0.05) is 6.07 Å². The molecule has 0 bridgehead atoms. The van der Waals surface area contributed by atoms with Crippen molar-refractivity contribution in [1.29, 1.82) is 0 Å². The number of carbonyl (C=O) groups excluding carboxylic acids is 1. The molecule has 3 rings (SSSR count). The number of hydrogen-bond acceptors (Lipinski definition) is 5. The zero-order valence-electron chi connectivity index (χ0n) is 12.4. The molecule has 1 N–H and O–H groups in total. The van der Waals surface area contributed by atoms with Crippen molar-refractivity contribution in [1.82, 2.24) is 20.3 Å². The minimum Gasteiger partial charge on any atom is -0.355 e. The molecule has 1 aliphatic heterocycles. The van der Waals surface area contributed by atoms with E-state index in [0.717, 1.165) is 37.3 Å². The Labute approximate surface area is 129 Å². The topological polar surface area (TPSA) is 71.0 Å². The van der Waals surface area contributed by atoms with Gasteiger partial charge in [-0.3, -0.25) is 14.8 Å². The lowest BCUT2D eigenvalue weighted by Gasteiger charge is -2.31. The van der Waals surface area contributed by atoms with Crippen molar-refractivity contribution in [3.63, 3.8) is 0 Å². The highest BCUT2D eigenvalue weighted by molar-refractivity contribution is 5.78. The fourth-order valence-corrected chi connectivity index (χ4v) is 2.66. The molecule has 2 aromatic heterocycles. The maximum absolute atomic E-state index is 12.2. The Morgan fingerprint density at radius 1 is 1.18 bits per heavy atom. The van der Waals surface area contributed by atoms with Crippen LogP contribution in [0.15, 0.2) is 43.1 Å². The van der Waals surface area contributed by atoms with E-state index >= 15 is 0 Å². The molecule has 1 saturated heterocycles. The summed E-state index contributed by atoms with van der Waals surface area (Å²) in [6, 6.07) is 3.84. The van der Waals surface area contributed by atoms with Crippen LogP contribution in [0, 0.1) is 5.92 Å². The monoisotopic (exact) mass is 297 g/mol. The van der Waals surface area contributed by atoms with E-state index in [1.807, 2.05) is 12.1 Å². The molecule has 3 heterocycles. The number of hydrogen-bond donors (Lipinski definition) is 1. The van der Waals surface area contributed by atoms with Crippen molar-refractivity contribution in [3.8, 4) is 0 Å². The molecule has 1 aliphatic rings. The summed E-state index contributed by atoms with van der Waals surface area (Å²) in [6.45, 7) is 2.21. The average molecular weight is 297 g/mol. The first-order chi connectivity index (χ1) is 10.8. The van der Waals surface area contributed by atoms with E-state index in [2.05, 4.69) is 25.2 Å². The van der Waals surface area contributed by atoms with Crippen LogP contribution in [0.5, 0.6) is 0 Å². The lowest BCUT2D eigenvalue weighted by Crippen LogP contribution is -2.40. The van der Waals surface area contributed by atoms with Crippen molar-refractivity contribution in [2.75, 3.05) is 18.0 Å². The van der Waals surface area contributed by atoms with Gasteiger partial charge >= 0.3 is 0 Å². The molecule has 2 aromatic rings. The molecular weight excluding hydrogens is 278 g/mol. The summed E-state index contributed by atoms with van der Waals surface area (Å²) in [6.07, 6.45) is 10.3. The van der Waals surface area contributed by atoms with E-state index in [0.29, 0.717) is 6.54 Å². The van der Waals surface area contributed by atoms with Crippen LogP contribution >= 0.6 is 0 Å². The van der Waals surface area contributed by atoms with Gasteiger partial charge in [0.25, 0.3) is 0 Å². The van der Waals surface area contributed by atoms with E-state index in [9.17, 15) is 4.79 Å². The summed E-state index contributed by atoms with van der Waals surface area (Å²) in [5.41, 5.74) is 1.02. The average Bonchev–Trinajstić information content (AvgIpc) is 2.61. The first-order valence-electron chi connectivity index (χ1n) is 7.50. The predicted octanol–water partition coefficient (Wildman–Crippen LogP) is 1.40. The largest absolute Gasteiger partial charge is 0.355 e. The second kappa shape index (κ2) is 6.98. The van der Waals surface area contributed by atoms with E-state index < -0.39 is 0 Å². The number of pyridine rings is 1. The summed E-state index contributed by atoms with van der Waals surface area (Å²) in [4.78, 5) is 26.9. The van der Waals surface area contributed by atoms with Gasteiger partial charge in [0.2, 0.25) is 5.91 Å². The standard InChI is InChI=1S/C16H19N5O/c22-16(20-11-13-2-1-5-17-10-13)14-3-8-21(9-4-14)15-12-18-6-7-19-15/h1-2,5-7,10,12,14H,3-4,8-9,11H2,(H,20,22). The van der Waals surface area contributed by atoms with Crippen molar-refractivity contribution >= 4 is 11.7 Å². The van der Waals surface area contributed by atoms with Gasteiger partial charge in [-0.05, 0) is 24.5 Å². The molecule has 22 heavy (non-hydrogen) atoms. The number of rotatable bonds is 4. The van der Waals surface area contributed by atoms with Crippen molar-refractivity contribution < 1.29 is 4.79 Å². The number of anilines is 1. The molecule has 0 aliphatic carbocycles. The smallest absolute Gasteiger partial charge is 0.223 e. The SMILES string of the molecule is O=C(NCc1cccnc1)C1CCN(c2cnccn2)CC1. The third kappa shape index (κ3) is 3.58. The fourth-order valence-electron chi connectivity index (χ4n) is 2.66. The van der Waals surface area contributed by atoms with Gasteiger partial charge in [0.05, 0.1) is 6.20 Å². The molecule has 0 atom stereocenters. The maximum Gasteiger partial charge on any atom is 0.223 e. The van der Waals surface area contributed by atoms with E-state index in [4.69, 9.17) is 0 Å². The third-order valence-electron chi connectivity index (χ3n) is 3.93. The molecule has 0 aromatic carbocycles. The molecular formula is C16H19N5O. The Bertz CT molecular complexity index is 596. The quantitative estimate of drug-likeness (QED) is 0.924. The van der Waals surface area contributed by atoms with Crippen LogP contribution in [0.4, 0.5) is 5.82 Å². The number of piperidine rings is 1. The minimum absolute atomic E-state index is 0.0737. The molecule has 6 nitrogen and oxygen atoms in total. The van der Waals surface area contributed by atoms with Gasteiger partial charge in [0.15, 0.2) is 0 Å². The lowest BCUT2D eigenvalue weighted by atomic mass is 9.96. The normalized spacial score (nSPS) is 15.5. The zero-order chi connectivity index (χ0) is 15.2. The Balaban J connectivity index is 1.48. The van der Waals surface area contributed by atoms with Gasteiger partial charge in [0.1, 0.15) is 5.82 Å². The van der Waals surface area contributed by atoms with Crippen LogP contribution in [0.1, 0.15) is 18.4 Å². The Morgan fingerprint density at radius 2 is 2.00 bits per heavy atom. The summed E-state index contributed by atoms with van der Waals surface area (Å²) in [5, 5.41) is 3.00. The molecule has 0 radical (unpaired) electrons. The van der Waals surface area contributed by atoms with Crippen molar-refractivity contribution in [2.45, 2.75) is 19.4 Å². The number of nitrogens with one attached hydrogen (secondary N) is 1. The van der Waals surface area contributed by atoms with Crippen LogP contribution in [0.3, 0.4) is 0 Å². The highest BCUT2D eigenvalue weighted by Gasteiger charge is 2.25. The molecule has 114 valence electrons. The Hall–Kier alpha value is -2.50. The number of amides is 1. The third-order valence-corrected chi connectivity index (χ3v) is 3.93. The lowest BCUT2D eigenvalue weighted by molar-refractivity contribution is -0.125. The predicted molar refractivity (Wildman–Crippen MR) is 83.1 cm³/mol. The van der Waals surface area contributed by atoms with Crippen LogP contribution in [-0.2, 0) is 11.3 Å². The van der Waals surface area contributed by atoms with E-state index in [1.165, 1.54) is 0 Å².